The molecule has 1 aromatic carbocycles. The highest BCUT2D eigenvalue weighted by atomic mass is 79.9. The molecule has 0 saturated carbocycles. The molecule has 0 aromatic heterocycles. The summed E-state index contributed by atoms with van der Waals surface area (Å²) in [6, 6.07) is 6.14. The maximum absolute atomic E-state index is 5.81. The predicted octanol–water partition coefficient (Wildman–Crippen LogP) is 3.69. The SMILES string of the molecule is CNCc1cc(Br)ccc1OCCSC(C)C. The maximum atomic E-state index is 5.81. The van der Waals surface area contributed by atoms with Crippen LogP contribution < -0.4 is 10.1 Å². The van der Waals surface area contributed by atoms with Gasteiger partial charge < -0.3 is 10.1 Å². The second-order valence-electron chi connectivity index (χ2n) is 4.05. The molecule has 0 amide bonds. The van der Waals surface area contributed by atoms with E-state index in [2.05, 4.69) is 41.2 Å². The molecule has 0 saturated heterocycles. The molecule has 1 aromatic rings. The van der Waals surface area contributed by atoms with Crippen LogP contribution in [-0.4, -0.2) is 24.7 Å². The van der Waals surface area contributed by atoms with Crippen molar-refractivity contribution in [2.45, 2.75) is 25.6 Å². The second-order valence-corrected chi connectivity index (χ2v) is 6.65. The van der Waals surface area contributed by atoms with Crippen LogP contribution in [0.1, 0.15) is 19.4 Å². The summed E-state index contributed by atoms with van der Waals surface area (Å²) < 4.78 is 6.90. The van der Waals surface area contributed by atoms with Crippen LogP contribution in [0.4, 0.5) is 0 Å². The summed E-state index contributed by atoms with van der Waals surface area (Å²) in [6.07, 6.45) is 0. The zero-order valence-electron chi connectivity index (χ0n) is 10.6. The third kappa shape index (κ3) is 5.80. The molecule has 0 aliphatic rings. The number of hydrogen-bond donors (Lipinski definition) is 1. The van der Waals surface area contributed by atoms with E-state index in [1.807, 2.05) is 30.9 Å². The van der Waals surface area contributed by atoms with Crippen LogP contribution >= 0.6 is 27.7 Å². The summed E-state index contributed by atoms with van der Waals surface area (Å²) in [6.45, 7) is 6.00. The molecule has 2 nitrogen and oxygen atoms in total. The van der Waals surface area contributed by atoms with Crippen LogP contribution in [0.5, 0.6) is 5.75 Å². The van der Waals surface area contributed by atoms with Gasteiger partial charge in [-0.15, -0.1) is 0 Å². The number of benzene rings is 1. The first-order valence-corrected chi connectivity index (χ1v) is 7.65. The van der Waals surface area contributed by atoms with Crippen LogP contribution in [0.15, 0.2) is 22.7 Å². The minimum absolute atomic E-state index is 0.667. The second kappa shape index (κ2) is 8.01. The molecule has 0 radical (unpaired) electrons. The zero-order chi connectivity index (χ0) is 12.7. The lowest BCUT2D eigenvalue weighted by Crippen LogP contribution is -2.09. The number of halogens is 1. The van der Waals surface area contributed by atoms with Crippen molar-refractivity contribution in [2.75, 3.05) is 19.4 Å². The molecular formula is C13H20BrNOS. The fraction of sp³-hybridized carbons (Fsp3) is 0.538. The molecule has 0 unspecified atom stereocenters. The lowest BCUT2D eigenvalue weighted by Gasteiger charge is -2.12. The number of rotatable bonds is 7. The monoisotopic (exact) mass is 317 g/mol. The van der Waals surface area contributed by atoms with Gasteiger partial charge in [0, 0.05) is 22.3 Å². The van der Waals surface area contributed by atoms with Crippen molar-refractivity contribution in [3.63, 3.8) is 0 Å². The van der Waals surface area contributed by atoms with E-state index in [1.54, 1.807) is 0 Å². The Morgan fingerprint density at radius 2 is 2.18 bits per heavy atom. The van der Waals surface area contributed by atoms with Crippen LogP contribution in [-0.2, 0) is 6.54 Å². The number of nitrogens with one attached hydrogen (secondary N) is 1. The van der Waals surface area contributed by atoms with Crippen LogP contribution in [0.25, 0.3) is 0 Å². The van der Waals surface area contributed by atoms with Gasteiger partial charge in [-0.3, -0.25) is 0 Å². The normalized spacial score (nSPS) is 10.9. The van der Waals surface area contributed by atoms with E-state index in [1.165, 1.54) is 5.56 Å². The van der Waals surface area contributed by atoms with Gasteiger partial charge in [0.1, 0.15) is 5.75 Å². The lowest BCUT2D eigenvalue weighted by atomic mass is 10.2. The molecule has 0 bridgehead atoms. The molecule has 0 atom stereocenters. The van der Waals surface area contributed by atoms with Crippen molar-refractivity contribution in [1.82, 2.24) is 5.32 Å². The minimum Gasteiger partial charge on any atom is -0.492 e. The van der Waals surface area contributed by atoms with Gasteiger partial charge >= 0.3 is 0 Å². The van der Waals surface area contributed by atoms with Gasteiger partial charge in [0.2, 0.25) is 0 Å². The van der Waals surface area contributed by atoms with Crippen molar-refractivity contribution in [2.24, 2.45) is 0 Å². The van der Waals surface area contributed by atoms with Crippen LogP contribution in [0.3, 0.4) is 0 Å². The van der Waals surface area contributed by atoms with Crippen molar-refractivity contribution >= 4 is 27.7 Å². The maximum Gasteiger partial charge on any atom is 0.123 e. The number of thioether (sulfide) groups is 1. The molecule has 96 valence electrons. The first-order valence-electron chi connectivity index (χ1n) is 5.81. The van der Waals surface area contributed by atoms with Gasteiger partial charge in [-0.25, -0.2) is 0 Å². The van der Waals surface area contributed by atoms with Crippen molar-refractivity contribution in [3.8, 4) is 5.75 Å². The average molecular weight is 318 g/mol. The molecule has 0 heterocycles. The molecule has 0 aliphatic carbocycles. The van der Waals surface area contributed by atoms with E-state index in [9.17, 15) is 0 Å². The van der Waals surface area contributed by atoms with E-state index in [4.69, 9.17) is 4.74 Å². The third-order valence-corrected chi connectivity index (χ3v) is 3.74. The Morgan fingerprint density at radius 3 is 2.82 bits per heavy atom. The van der Waals surface area contributed by atoms with Gasteiger partial charge in [0.15, 0.2) is 0 Å². The van der Waals surface area contributed by atoms with E-state index >= 15 is 0 Å². The summed E-state index contributed by atoms with van der Waals surface area (Å²) in [7, 11) is 1.94. The van der Waals surface area contributed by atoms with E-state index in [0.717, 1.165) is 29.1 Å². The third-order valence-electron chi connectivity index (χ3n) is 2.18. The molecule has 1 rings (SSSR count). The Bertz CT molecular complexity index is 344. The smallest absolute Gasteiger partial charge is 0.123 e. The van der Waals surface area contributed by atoms with Gasteiger partial charge in [-0.1, -0.05) is 29.8 Å². The topological polar surface area (TPSA) is 21.3 Å². The molecular weight excluding hydrogens is 298 g/mol. The molecule has 4 heteroatoms. The highest BCUT2D eigenvalue weighted by Gasteiger charge is 2.04. The van der Waals surface area contributed by atoms with Crippen LogP contribution in [0.2, 0.25) is 0 Å². The number of ether oxygens (including phenoxy) is 1. The molecule has 1 N–H and O–H groups in total. The predicted molar refractivity (Wildman–Crippen MR) is 80.0 cm³/mol. The summed E-state index contributed by atoms with van der Waals surface area (Å²) >= 11 is 5.40. The molecule has 17 heavy (non-hydrogen) atoms. The molecule has 0 aliphatic heterocycles. The van der Waals surface area contributed by atoms with Gasteiger partial charge in [0.25, 0.3) is 0 Å². The average Bonchev–Trinajstić information content (AvgIpc) is 2.27. The van der Waals surface area contributed by atoms with Crippen LogP contribution in [0, 0.1) is 0 Å². The lowest BCUT2D eigenvalue weighted by molar-refractivity contribution is 0.339. The minimum atomic E-state index is 0.667. The Balaban J connectivity index is 2.51. The van der Waals surface area contributed by atoms with Crippen molar-refractivity contribution < 1.29 is 4.74 Å². The van der Waals surface area contributed by atoms with Gasteiger partial charge in [0.05, 0.1) is 6.61 Å². The fourth-order valence-electron chi connectivity index (χ4n) is 1.45. The Kier molecular flexibility index (Phi) is 7.00. The molecule has 0 spiro atoms. The Morgan fingerprint density at radius 1 is 1.41 bits per heavy atom. The van der Waals surface area contributed by atoms with Gasteiger partial charge in [-0.05, 0) is 30.5 Å². The quantitative estimate of drug-likeness (QED) is 0.775. The largest absolute Gasteiger partial charge is 0.492 e. The number of hydrogen-bond acceptors (Lipinski definition) is 3. The summed E-state index contributed by atoms with van der Waals surface area (Å²) in [5.41, 5.74) is 1.19. The van der Waals surface area contributed by atoms with E-state index in [-0.39, 0.29) is 0 Å². The Hall–Kier alpha value is -0.190. The summed E-state index contributed by atoms with van der Waals surface area (Å²) in [5, 5.41) is 3.82. The summed E-state index contributed by atoms with van der Waals surface area (Å²) in [5.74, 6) is 2.01. The zero-order valence-corrected chi connectivity index (χ0v) is 13.0. The molecule has 0 fully saturated rings. The first-order chi connectivity index (χ1) is 8.13. The standard InChI is InChI=1S/C13H20BrNOS/c1-10(2)17-7-6-16-13-5-4-12(14)8-11(13)9-15-3/h4-5,8,10,15H,6-7,9H2,1-3H3. The highest BCUT2D eigenvalue weighted by molar-refractivity contribution is 9.10. The fourth-order valence-corrected chi connectivity index (χ4v) is 2.51. The van der Waals surface area contributed by atoms with Crippen molar-refractivity contribution in [3.05, 3.63) is 28.2 Å². The first kappa shape index (κ1) is 14.9. The Labute approximate surface area is 117 Å². The van der Waals surface area contributed by atoms with E-state index < -0.39 is 0 Å². The van der Waals surface area contributed by atoms with Crippen molar-refractivity contribution in [1.29, 1.82) is 0 Å². The highest BCUT2D eigenvalue weighted by Crippen LogP contribution is 2.23. The van der Waals surface area contributed by atoms with Gasteiger partial charge in [-0.2, -0.15) is 11.8 Å². The van der Waals surface area contributed by atoms with E-state index in [0.29, 0.717) is 5.25 Å². The summed E-state index contributed by atoms with van der Waals surface area (Å²) in [4.78, 5) is 0.